The number of nitrogens with zero attached hydrogens (tertiary/aromatic N) is 3. The maximum atomic E-state index is 13.0. The van der Waals surface area contributed by atoms with Crippen LogP contribution >= 0.6 is 0 Å². The fourth-order valence-electron chi connectivity index (χ4n) is 7.77. The predicted molar refractivity (Wildman–Crippen MR) is 245 cm³/mol. The minimum Gasteiger partial charge on any atom is -0.507 e. The van der Waals surface area contributed by atoms with Gasteiger partial charge in [0.2, 0.25) is 0 Å². The van der Waals surface area contributed by atoms with E-state index in [-0.39, 0.29) is 30.9 Å². The molecule has 0 radical (unpaired) electrons. The van der Waals surface area contributed by atoms with Crippen molar-refractivity contribution in [3.05, 3.63) is 48.3 Å². The monoisotopic (exact) mass is 816 g/mol. The molecule has 3 rings (SSSR count). The number of methoxy groups -OCH3 is 1. The number of hydrogen-bond donors (Lipinski definition) is 1. The van der Waals surface area contributed by atoms with Gasteiger partial charge in [0, 0.05) is 11.6 Å². The first-order valence-electron chi connectivity index (χ1n) is 23.9. The number of hydrogen-bond acceptors (Lipinski definition) is 8. The highest BCUT2D eigenvalue weighted by molar-refractivity contribution is 5.81. The molecule has 59 heavy (non-hydrogen) atoms. The van der Waals surface area contributed by atoms with Crippen LogP contribution in [0.25, 0.3) is 22.8 Å². The Balaban J connectivity index is 1.40. The molecule has 8 nitrogen and oxygen atoms in total. The van der Waals surface area contributed by atoms with Crippen molar-refractivity contribution in [3.8, 4) is 40.0 Å². The third-order valence-electron chi connectivity index (χ3n) is 11.4. The predicted octanol–water partition coefficient (Wildman–Crippen LogP) is 14.5. The van der Waals surface area contributed by atoms with Crippen LogP contribution in [0.1, 0.15) is 199 Å². The summed E-state index contributed by atoms with van der Waals surface area (Å²) in [5.41, 5.74) is 1.27. The second kappa shape index (κ2) is 32.3. The maximum absolute atomic E-state index is 13.0. The molecule has 1 aromatic heterocycles. The number of carbonyl (C=O) groups excluding carboxylic acids is 1. The first-order valence-corrected chi connectivity index (χ1v) is 23.9. The molecule has 2 aromatic carbocycles. The second-order valence-electron chi connectivity index (χ2n) is 16.8. The lowest BCUT2D eigenvalue weighted by Crippen LogP contribution is -2.22. The van der Waals surface area contributed by atoms with Gasteiger partial charge in [-0.15, -0.1) is 0 Å². The van der Waals surface area contributed by atoms with Gasteiger partial charge in [-0.1, -0.05) is 181 Å². The van der Waals surface area contributed by atoms with Crippen LogP contribution < -0.4 is 9.47 Å². The molecule has 0 saturated carbocycles. The minimum absolute atomic E-state index is 0.0341. The quantitative estimate of drug-likeness (QED) is 0.0574. The third kappa shape index (κ3) is 22.6. The summed E-state index contributed by atoms with van der Waals surface area (Å²) in [5, 5.41) is 10.9. The van der Waals surface area contributed by atoms with Crippen molar-refractivity contribution >= 4 is 5.78 Å². The van der Waals surface area contributed by atoms with Crippen LogP contribution in [0.15, 0.2) is 42.5 Å². The lowest BCUT2D eigenvalue weighted by Gasteiger charge is -2.18. The Kier molecular flexibility index (Phi) is 27.3. The molecule has 0 aliphatic carbocycles. The smallest absolute Gasteiger partial charge is 0.195 e. The van der Waals surface area contributed by atoms with Gasteiger partial charge in [0.15, 0.2) is 17.4 Å². The SMILES string of the molecule is CCCCCCCCCCCCCCCCC(CCCCCCCCCCCCCC)OCC(=O)COc1ccc(-c2nc(C)nc(-c3ccc(OC)cc3)n2)c(O)c1. The van der Waals surface area contributed by atoms with Gasteiger partial charge < -0.3 is 19.3 Å². The average molecular weight is 816 g/mol. The van der Waals surface area contributed by atoms with Crippen LogP contribution in [0.4, 0.5) is 0 Å². The molecule has 330 valence electrons. The largest absolute Gasteiger partial charge is 0.507 e. The summed E-state index contributed by atoms with van der Waals surface area (Å²) < 4.78 is 17.4. The van der Waals surface area contributed by atoms with Gasteiger partial charge in [0.05, 0.1) is 18.8 Å². The molecule has 0 saturated heterocycles. The number of aromatic nitrogens is 3. The van der Waals surface area contributed by atoms with Crippen molar-refractivity contribution in [2.24, 2.45) is 0 Å². The molecule has 0 aliphatic rings. The molecule has 1 heterocycles. The van der Waals surface area contributed by atoms with Gasteiger partial charge in [-0.2, -0.15) is 0 Å². The van der Waals surface area contributed by atoms with E-state index in [2.05, 4.69) is 28.8 Å². The van der Waals surface area contributed by atoms with E-state index in [1.165, 1.54) is 160 Å². The molecule has 0 bridgehead atoms. The zero-order chi connectivity index (χ0) is 42.2. The fourth-order valence-corrected chi connectivity index (χ4v) is 7.77. The Morgan fingerprint density at radius 2 is 1.00 bits per heavy atom. The fraction of sp³-hybridized carbons (Fsp3) is 0.686. The third-order valence-corrected chi connectivity index (χ3v) is 11.4. The van der Waals surface area contributed by atoms with Crippen molar-refractivity contribution in [3.63, 3.8) is 0 Å². The van der Waals surface area contributed by atoms with E-state index >= 15 is 0 Å². The first kappa shape index (κ1) is 49.8. The summed E-state index contributed by atoms with van der Waals surface area (Å²) in [7, 11) is 1.62. The van der Waals surface area contributed by atoms with Gasteiger partial charge in [0.25, 0.3) is 0 Å². The first-order chi connectivity index (χ1) is 28.9. The molecular weight excluding hydrogens is 735 g/mol. The Labute approximate surface area is 359 Å². The van der Waals surface area contributed by atoms with Crippen molar-refractivity contribution in [2.75, 3.05) is 20.3 Å². The second-order valence-corrected chi connectivity index (χ2v) is 16.8. The summed E-state index contributed by atoms with van der Waals surface area (Å²) >= 11 is 0. The Morgan fingerprint density at radius 1 is 0.559 bits per heavy atom. The Morgan fingerprint density at radius 3 is 1.46 bits per heavy atom. The number of unbranched alkanes of at least 4 members (excludes halogenated alkanes) is 24. The highest BCUT2D eigenvalue weighted by atomic mass is 16.5. The zero-order valence-corrected chi connectivity index (χ0v) is 37.8. The van der Waals surface area contributed by atoms with Crippen molar-refractivity contribution < 1.29 is 24.1 Å². The number of benzene rings is 2. The average Bonchev–Trinajstić information content (AvgIpc) is 3.24. The molecule has 1 atom stereocenters. The van der Waals surface area contributed by atoms with Gasteiger partial charge in [-0.3, -0.25) is 4.79 Å². The lowest BCUT2D eigenvalue weighted by atomic mass is 10.0. The maximum Gasteiger partial charge on any atom is 0.195 e. The topological polar surface area (TPSA) is 104 Å². The van der Waals surface area contributed by atoms with Crippen LogP contribution in [0.2, 0.25) is 0 Å². The van der Waals surface area contributed by atoms with Crippen LogP contribution in [0.3, 0.4) is 0 Å². The van der Waals surface area contributed by atoms with E-state index in [1.54, 1.807) is 26.2 Å². The van der Waals surface area contributed by atoms with E-state index in [9.17, 15) is 9.90 Å². The summed E-state index contributed by atoms with van der Waals surface area (Å²) in [5.74, 6) is 2.40. The van der Waals surface area contributed by atoms with Gasteiger partial charge in [-0.05, 0) is 56.2 Å². The van der Waals surface area contributed by atoms with Crippen molar-refractivity contribution in [2.45, 2.75) is 207 Å². The molecule has 0 amide bonds. The van der Waals surface area contributed by atoms with Crippen LogP contribution in [0, 0.1) is 6.92 Å². The Bertz CT molecular complexity index is 1510. The molecule has 3 aromatic rings. The standard InChI is InChI=1S/C51H81N3O5/c1-5-7-9-11-13-15-17-19-20-22-24-26-28-30-32-46(31-29-27-25-23-21-18-16-14-12-10-8-6-2)58-40-44(55)41-59-47-37-38-48(49(56)39-47)51-53-42(3)52-50(54-51)43-33-35-45(57-4)36-34-43/h33-39,46,56H,5-32,40-41H2,1-4H3. The van der Waals surface area contributed by atoms with Crippen molar-refractivity contribution in [1.29, 1.82) is 0 Å². The Hall–Kier alpha value is -3.52. The number of aromatic hydroxyl groups is 1. The number of carbonyl (C=O) groups is 1. The summed E-state index contributed by atoms with van der Waals surface area (Å²) in [6, 6.07) is 12.4. The molecule has 1 unspecified atom stereocenters. The summed E-state index contributed by atoms with van der Waals surface area (Å²) in [6.07, 6.45) is 37.0. The number of ether oxygens (including phenoxy) is 3. The van der Waals surface area contributed by atoms with Gasteiger partial charge in [0.1, 0.15) is 36.3 Å². The highest BCUT2D eigenvalue weighted by Crippen LogP contribution is 2.32. The number of aryl methyl sites for hydroxylation is 1. The lowest BCUT2D eigenvalue weighted by molar-refractivity contribution is -0.128. The van der Waals surface area contributed by atoms with E-state index < -0.39 is 0 Å². The molecule has 0 fully saturated rings. The molecular formula is C51H81N3O5. The number of phenols is 1. The van der Waals surface area contributed by atoms with Gasteiger partial charge >= 0.3 is 0 Å². The van der Waals surface area contributed by atoms with Crippen LogP contribution in [0.5, 0.6) is 17.2 Å². The van der Waals surface area contributed by atoms with E-state index in [0.717, 1.165) is 37.0 Å². The molecule has 1 N–H and O–H groups in total. The summed E-state index contributed by atoms with van der Waals surface area (Å²) in [4.78, 5) is 26.5. The van der Waals surface area contributed by atoms with Crippen LogP contribution in [-0.4, -0.2) is 52.3 Å². The number of rotatable bonds is 37. The number of Topliss-reactive ketones (excluding diaryl/α,β-unsaturated/α-hetero) is 1. The molecule has 0 spiro atoms. The number of ketones is 1. The van der Waals surface area contributed by atoms with Crippen molar-refractivity contribution in [1.82, 2.24) is 15.0 Å². The molecule has 8 heteroatoms. The van der Waals surface area contributed by atoms with Crippen LogP contribution in [-0.2, 0) is 9.53 Å². The van der Waals surface area contributed by atoms with E-state index in [4.69, 9.17) is 14.2 Å². The summed E-state index contributed by atoms with van der Waals surface area (Å²) in [6.45, 7) is 6.29. The van der Waals surface area contributed by atoms with Gasteiger partial charge in [-0.25, -0.2) is 15.0 Å². The highest BCUT2D eigenvalue weighted by Gasteiger charge is 2.16. The zero-order valence-electron chi connectivity index (χ0n) is 37.8. The van der Waals surface area contributed by atoms with E-state index in [0.29, 0.717) is 28.8 Å². The molecule has 0 aliphatic heterocycles. The number of phenolic OH excluding ortho intramolecular Hbond substituents is 1. The minimum atomic E-state index is -0.116. The normalized spacial score (nSPS) is 11.9. The van der Waals surface area contributed by atoms with E-state index in [1.807, 2.05) is 24.3 Å².